The molecule has 0 saturated carbocycles. The first-order valence-electron chi connectivity index (χ1n) is 4.76. The highest BCUT2D eigenvalue weighted by Gasteiger charge is 2.22. The molecule has 0 unspecified atom stereocenters. The molecule has 15 heavy (non-hydrogen) atoms. The predicted octanol–water partition coefficient (Wildman–Crippen LogP) is 2.67. The number of rotatable bonds is 1. The van der Waals surface area contributed by atoms with E-state index in [9.17, 15) is 4.79 Å². The van der Waals surface area contributed by atoms with Crippen LogP contribution < -0.4 is 5.32 Å². The molecule has 1 N–H and O–H groups in total. The van der Waals surface area contributed by atoms with E-state index in [1.54, 1.807) is 0 Å². The van der Waals surface area contributed by atoms with Crippen molar-refractivity contribution in [3.05, 3.63) is 10.3 Å². The molecule has 1 rings (SSSR count). The average Bonchev–Trinajstić information content (AvgIpc) is 2.30. The zero-order valence-corrected chi connectivity index (χ0v) is 11.3. The van der Waals surface area contributed by atoms with E-state index in [-0.39, 0.29) is 11.4 Å². The monoisotopic (exact) mass is 273 g/mol. The number of halogens is 1. The van der Waals surface area contributed by atoms with Crippen LogP contribution in [0.5, 0.6) is 0 Å². The van der Waals surface area contributed by atoms with Crippen LogP contribution in [0.25, 0.3) is 0 Å². The topological polar surface area (TPSA) is 46.9 Å². The van der Waals surface area contributed by atoms with Crippen LogP contribution in [0.2, 0.25) is 0 Å². The van der Waals surface area contributed by atoms with Gasteiger partial charge in [-0.25, -0.2) is 0 Å². The average molecular weight is 274 g/mol. The van der Waals surface area contributed by atoms with Gasteiger partial charge in [0.2, 0.25) is 5.91 Å². The van der Waals surface area contributed by atoms with Crippen molar-refractivity contribution >= 4 is 27.5 Å². The number of aromatic nitrogens is 2. The van der Waals surface area contributed by atoms with Gasteiger partial charge in [-0.05, 0) is 43.6 Å². The van der Waals surface area contributed by atoms with Gasteiger partial charge in [0.05, 0.1) is 16.9 Å². The van der Waals surface area contributed by atoms with E-state index < -0.39 is 0 Å². The highest BCUT2D eigenvalue weighted by molar-refractivity contribution is 9.10. The maximum Gasteiger partial charge on any atom is 0.221 e. The lowest BCUT2D eigenvalue weighted by Gasteiger charge is -2.20. The second-order valence-corrected chi connectivity index (χ2v) is 5.27. The van der Waals surface area contributed by atoms with E-state index in [4.69, 9.17) is 0 Å². The zero-order valence-electron chi connectivity index (χ0n) is 9.68. The lowest BCUT2D eigenvalue weighted by atomic mass is 10.1. The molecule has 5 heteroatoms. The van der Waals surface area contributed by atoms with Gasteiger partial charge in [-0.3, -0.25) is 9.48 Å². The summed E-state index contributed by atoms with van der Waals surface area (Å²) in [5, 5.41) is 7.15. The molecule has 0 radical (unpaired) electrons. The van der Waals surface area contributed by atoms with Crippen molar-refractivity contribution in [3.63, 3.8) is 0 Å². The van der Waals surface area contributed by atoms with Crippen molar-refractivity contribution in [1.82, 2.24) is 9.78 Å². The molecule has 0 spiro atoms. The molecule has 1 heterocycles. The first kappa shape index (κ1) is 12.2. The summed E-state index contributed by atoms with van der Waals surface area (Å²) in [5.74, 6) is -0.0905. The van der Waals surface area contributed by atoms with Crippen molar-refractivity contribution in [2.75, 3.05) is 5.32 Å². The SMILES string of the molecule is CC(=O)Nc1c(C)nn(C(C)(C)C)c1Br. The molecule has 0 fully saturated rings. The number of hydrogen-bond donors (Lipinski definition) is 1. The van der Waals surface area contributed by atoms with Crippen molar-refractivity contribution in [2.24, 2.45) is 0 Å². The molecule has 4 nitrogen and oxygen atoms in total. The first-order chi connectivity index (χ1) is 6.73. The number of amides is 1. The highest BCUT2D eigenvalue weighted by atomic mass is 79.9. The smallest absolute Gasteiger partial charge is 0.221 e. The molecule has 0 saturated heterocycles. The van der Waals surface area contributed by atoms with Gasteiger partial charge < -0.3 is 5.32 Å². The Kier molecular flexibility index (Phi) is 3.23. The number of carbonyl (C=O) groups excluding carboxylic acids is 1. The third kappa shape index (κ3) is 2.59. The molecule has 0 atom stereocenters. The van der Waals surface area contributed by atoms with Crippen molar-refractivity contribution in [2.45, 2.75) is 40.2 Å². The fourth-order valence-electron chi connectivity index (χ4n) is 1.26. The molecule has 84 valence electrons. The van der Waals surface area contributed by atoms with Crippen molar-refractivity contribution < 1.29 is 4.79 Å². The Morgan fingerprint density at radius 1 is 1.47 bits per heavy atom. The quantitative estimate of drug-likeness (QED) is 0.855. The fraction of sp³-hybridized carbons (Fsp3) is 0.600. The molecule has 1 aromatic rings. The van der Waals surface area contributed by atoms with Gasteiger partial charge in [0.15, 0.2) is 0 Å². The number of nitrogens with zero attached hydrogens (tertiary/aromatic N) is 2. The van der Waals surface area contributed by atoms with E-state index in [1.165, 1.54) is 6.92 Å². The van der Waals surface area contributed by atoms with Crippen LogP contribution in [0.1, 0.15) is 33.4 Å². The van der Waals surface area contributed by atoms with Crippen LogP contribution in [-0.2, 0) is 10.3 Å². The molecular weight excluding hydrogens is 258 g/mol. The Labute approximate surface area is 98.2 Å². The van der Waals surface area contributed by atoms with E-state index in [1.807, 2.05) is 11.6 Å². The largest absolute Gasteiger partial charge is 0.322 e. The third-order valence-corrected chi connectivity index (χ3v) is 2.67. The predicted molar refractivity (Wildman–Crippen MR) is 64.0 cm³/mol. The van der Waals surface area contributed by atoms with Crippen LogP contribution in [0.3, 0.4) is 0 Å². The number of carbonyl (C=O) groups is 1. The van der Waals surface area contributed by atoms with E-state index in [0.717, 1.165) is 16.0 Å². The minimum atomic E-state index is -0.111. The van der Waals surface area contributed by atoms with Crippen LogP contribution >= 0.6 is 15.9 Å². The molecule has 0 bridgehead atoms. The van der Waals surface area contributed by atoms with Crippen LogP contribution in [-0.4, -0.2) is 15.7 Å². The summed E-state index contributed by atoms with van der Waals surface area (Å²) in [4.78, 5) is 11.0. The Hall–Kier alpha value is -0.840. The maximum atomic E-state index is 11.0. The first-order valence-corrected chi connectivity index (χ1v) is 5.56. The molecular formula is C10H16BrN3O. The van der Waals surface area contributed by atoms with Gasteiger partial charge >= 0.3 is 0 Å². The van der Waals surface area contributed by atoms with Gasteiger partial charge in [0.25, 0.3) is 0 Å². The second-order valence-electron chi connectivity index (χ2n) is 4.52. The van der Waals surface area contributed by atoms with Crippen LogP contribution in [0.15, 0.2) is 4.60 Å². The maximum absolute atomic E-state index is 11.0. The van der Waals surface area contributed by atoms with Crippen LogP contribution in [0.4, 0.5) is 5.69 Å². The van der Waals surface area contributed by atoms with Gasteiger partial charge in [0, 0.05) is 6.92 Å². The Morgan fingerprint density at radius 2 is 2.00 bits per heavy atom. The second kappa shape index (κ2) is 3.96. The van der Waals surface area contributed by atoms with Gasteiger partial charge in [-0.2, -0.15) is 5.10 Å². The molecule has 0 aliphatic heterocycles. The number of aryl methyl sites for hydroxylation is 1. The van der Waals surface area contributed by atoms with Gasteiger partial charge in [0.1, 0.15) is 4.60 Å². The molecule has 1 amide bonds. The van der Waals surface area contributed by atoms with Crippen LogP contribution in [0, 0.1) is 6.92 Å². The summed E-state index contributed by atoms with van der Waals surface area (Å²) in [5.41, 5.74) is 1.45. The van der Waals surface area contributed by atoms with E-state index >= 15 is 0 Å². The molecule has 1 aromatic heterocycles. The minimum Gasteiger partial charge on any atom is -0.322 e. The van der Waals surface area contributed by atoms with E-state index in [2.05, 4.69) is 47.1 Å². The standard InChI is InChI=1S/C10H16BrN3O/c1-6-8(12-7(2)15)9(11)14(13-6)10(3,4)5/h1-5H3,(H,12,15). The Balaban J connectivity index is 3.21. The summed E-state index contributed by atoms with van der Waals surface area (Å²) in [6, 6.07) is 0. The number of anilines is 1. The summed E-state index contributed by atoms with van der Waals surface area (Å²) in [6.45, 7) is 9.53. The molecule has 0 aliphatic carbocycles. The highest BCUT2D eigenvalue weighted by Crippen LogP contribution is 2.30. The molecule has 0 aromatic carbocycles. The summed E-state index contributed by atoms with van der Waals surface area (Å²) in [6.07, 6.45) is 0. The Bertz CT molecular complexity index is 390. The minimum absolute atomic E-state index is 0.0905. The zero-order chi connectivity index (χ0) is 11.8. The molecule has 0 aliphatic rings. The fourth-order valence-corrected chi connectivity index (χ4v) is 2.26. The summed E-state index contributed by atoms with van der Waals surface area (Å²) in [7, 11) is 0. The Morgan fingerprint density at radius 3 is 2.33 bits per heavy atom. The number of hydrogen-bond acceptors (Lipinski definition) is 2. The van der Waals surface area contributed by atoms with Crippen molar-refractivity contribution in [1.29, 1.82) is 0 Å². The lowest BCUT2D eigenvalue weighted by Crippen LogP contribution is -2.23. The lowest BCUT2D eigenvalue weighted by molar-refractivity contribution is -0.114. The summed E-state index contributed by atoms with van der Waals surface area (Å²) >= 11 is 3.45. The summed E-state index contributed by atoms with van der Waals surface area (Å²) < 4.78 is 2.66. The van der Waals surface area contributed by atoms with Crippen molar-refractivity contribution in [3.8, 4) is 0 Å². The van der Waals surface area contributed by atoms with E-state index in [0.29, 0.717) is 0 Å². The number of nitrogens with one attached hydrogen (secondary N) is 1. The normalized spacial score (nSPS) is 11.6. The van der Waals surface area contributed by atoms with Gasteiger partial charge in [-0.15, -0.1) is 0 Å². The van der Waals surface area contributed by atoms with Gasteiger partial charge in [-0.1, -0.05) is 0 Å². The third-order valence-electron chi connectivity index (χ3n) is 1.94.